The van der Waals surface area contributed by atoms with Crippen LogP contribution in [0.2, 0.25) is 0 Å². The summed E-state index contributed by atoms with van der Waals surface area (Å²) in [6.45, 7) is 0.794. The molecule has 3 heterocycles. The molecule has 2 aliphatic heterocycles. The molecule has 10 heteroatoms. The Bertz CT molecular complexity index is 1480. The molecule has 35 heavy (non-hydrogen) atoms. The summed E-state index contributed by atoms with van der Waals surface area (Å²) in [7, 11) is -3.74. The van der Waals surface area contributed by atoms with Gasteiger partial charge in [-0.25, -0.2) is 8.42 Å². The van der Waals surface area contributed by atoms with Crippen LogP contribution >= 0.6 is 0 Å². The van der Waals surface area contributed by atoms with Gasteiger partial charge in [0, 0.05) is 24.8 Å². The molecule has 0 radical (unpaired) electrons. The van der Waals surface area contributed by atoms with Crippen molar-refractivity contribution in [3.05, 3.63) is 72.1 Å². The second-order valence-electron chi connectivity index (χ2n) is 8.22. The van der Waals surface area contributed by atoms with Crippen molar-refractivity contribution in [1.82, 2.24) is 9.29 Å². The number of pyridine rings is 1. The van der Waals surface area contributed by atoms with Crippen LogP contribution in [0.25, 0.3) is 11.1 Å². The largest absolute Gasteiger partial charge is 0.489 e. The molecule has 1 aromatic heterocycles. The molecule has 5 rings (SSSR count). The van der Waals surface area contributed by atoms with Gasteiger partial charge in [0.05, 0.1) is 46.8 Å². The predicted octanol–water partition coefficient (Wildman–Crippen LogP) is 2.54. The molecule has 0 atom stereocenters. The fourth-order valence-corrected chi connectivity index (χ4v) is 5.69. The number of rotatable bonds is 4. The number of carbonyl (C=O) groups excluding carboxylic acids is 1. The Morgan fingerprint density at radius 2 is 1.60 bits per heavy atom. The Morgan fingerprint density at radius 3 is 2.23 bits per heavy atom. The van der Waals surface area contributed by atoms with Crippen LogP contribution in [-0.2, 0) is 14.8 Å². The number of hydrogen-bond acceptors (Lipinski definition) is 7. The maximum Gasteiger partial charge on any atom is 0.243 e. The van der Waals surface area contributed by atoms with Gasteiger partial charge in [0.25, 0.3) is 0 Å². The van der Waals surface area contributed by atoms with Gasteiger partial charge in [-0.15, -0.1) is 0 Å². The number of hydrogen-bond donors (Lipinski definition) is 0. The molecule has 1 saturated heterocycles. The Labute approximate surface area is 202 Å². The summed E-state index contributed by atoms with van der Waals surface area (Å²) in [6, 6.07) is 16.8. The van der Waals surface area contributed by atoms with Crippen molar-refractivity contribution >= 4 is 21.6 Å². The summed E-state index contributed by atoms with van der Waals surface area (Å²) in [6.07, 6.45) is 3.23. The summed E-state index contributed by atoms with van der Waals surface area (Å²) < 4.78 is 32.9. The van der Waals surface area contributed by atoms with Crippen molar-refractivity contribution in [3.8, 4) is 29.0 Å². The first-order valence-electron chi connectivity index (χ1n) is 10.9. The van der Waals surface area contributed by atoms with E-state index in [2.05, 4.69) is 11.1 Å². The van der Waals surface area contributed by atoms with Crippen molar-refractivity contribution < 1.29 is 17.9 Å². The smallest absolute Gasteiger partial charge is 0.243 e. The summed E-state index contributed by atoms with van der Waals surface area (Å²) in [5, 5.41) is 18.0. The fourth-order valence-electron chi connectivity index (χ4n) is 4.16. The van der Waals surface area contributed by atoms with Crippen molar-refractivity contribution in [3.63, 3.8) is 0 Å². The van der Waals surface area contributed by atoms with E-state index in [1.165, 1.54) is 28.6 Å². The van der Waals surface area contributed by atoms with Crippen LogP contribution in [0.3, 0.4) is 0 Å². The highest BCUT2D eigenvalue weighted by molar-refractivity contribution is 7.89. The maximum atomic E-state index is 13.3. The van der Waals surface area contributed by atoms with E-state index in [9.17, 15) is 13.2 Å². The Morgan fingerprint density at radius 1 is 0.971 bits per heavy atom. The van der Waals surface area contributed by atoms with E-state index in [0.717, 1.165) is 5.56 Å². The molecule has 2 aliphatic rings. The van der Waals surface area contributed by atoms with E-state index in [1.54, 1.807) is 41.6 Å². The number of nitriles is 2. The molecule has 1 amide bonds. The molecule has 3 aromatic rings. The lowest BCUT2D eigenvalue weighted by atomic mass is 10.00. The standard InChI is InChI=1S/C25H19N5O4S/c26-11-17-1-5-19(6-2-17)22-13-28-14-23-24(22)34-10-9-30(23)25(31)20-15-29(16-20)35(32,33)21-7-3-18(12-27)4-8-21/h1-8,13-14,20H,9-10,15-16H2. The van der Waals surface area contributed by atoms with Crippen molar-refractivity contribution in [2.75, 3.05) is 31.1 Å². The van der Waals surface area contributed by atoms with Gasteiger partial charge >= 0.3 is 0 Å². The monoisotopic (exact) mass is 485 g/mol. The third kappa shape index (κ3) is 3.99. The number of aromatic nitrogens is 1. The molecule has 0 N–H and O–H groups in total. The highest BCUT2D eigenvalue weighted by Gasteiger charge is 2.43. The quantitative estimate of drug-likeness (QED) is 0.556. The zero-order chi connectivity index (χ0) is 24.6. The maximum absolute atomic E-state index is 13.3. The molecule has 0 spiro atoms. The Kier molecular flexibility index (Phi) is 5.69. The second-order valence-corrected chi connectivity index (χ2v) is 10.2. The molecule has 0 aliphatic carbocycles. The van der Waals surface area contributed by atoms with Crippen LogP contribution in [0.1, 0.15) is 11.1 Å². The zero-order valence-electron chi connectivity index (χ0n) is 18.5. The van der Waals surface area contributed by atoms with E-state index in [-0.39, 0.29) is 23.9 Å². The number of ether oxygens (including phenoxy) is 1. The van der Waals surface area contributed by atoms with E-state index in [4.69, 9.17) is 15.3 Å². The molecule has 2 aromatic carbocycles. The van der Waals surface area contributed by atoms with E-state index >= 15 is 0 Å². The average Bonchev–Trinajstić information content (AvgIpc) is 2.87. The third-order valence-corrected chi connectivity index (χ3v) is 7.99. The van der Waals surface area contributed by atoms with Gasteiger partial charge in [-0.2, -0.15) is 14.8 Å². The van der Waals surface area contributed by atoms with E-state index in [0.29, 0.717) is 41.3 Å². The Balaban J connectivity index is 1.34. The minimum absolute atomic E-state index is 0.0800. The Hall–Kier alpha value is -4.25. The first-order valence-corrected chi connectivity index (χ1v) is 12.3. The molecular formula is C25H19N5O4S. The molecular weight excluding hydrogens is 466 g/mol. The van der Waals surface area contributed by atoms with Gasteiger partial charge in [-0.3, -0.25) is 9.78 Å². The predicted molar refractivity (Wildman–Crippen MR) is 126 cm³/mol. The van der Waals surface area contributed by atoms with Crippen LogP contribution in [-0.4, -0.2) is 49.9 Å². The number of benzene rings is 2. The van der Waals surface area contributed by atoms with Gasteiger partial charge in [0.2, 0.25) is 15.9 Å². The molecule has 0 bridgehead atoms. The van der Waals surface area contributed by atoms with E-state index in [1.807, 2.05) is 6.07 Å². The SMILES string of the molecule is N#Cc1ccc(-c2cncc3c2OCCN3C(=O)C2CN(S(=O)(=O)c3ccc(C#N)cc3)C2)cc1. The van der Waals surface area contributed by atoms with E-state index < -0.39 is 15.9 Å². The fraction of sp³-hybridized carbons (Fsp3) is 0.200. The van der Waals surface area contributed by atoms with Crippen molar-refractivity contribution in [1.29, 1.82) is 10.5 Å². The molecule has 0 unspecified atom stereocenters. The topological polar surface area (TPSA) is 127 Å². The average molecular weight is 486 g/mol. The summed E-state index contributed by atoms with van der Waals surface area (Å²) in [4.78, 5) is 19.3. The number of fused-ring (bicyclic) bond motifs is 1. The second kappa shape index (κ2) is 8.84. The van der Waals surface area contributed by atoms with Crippen LogP contribution in [0.15, 0.2) is 65.8 Å². The number of anilines is 1. The van der Waals surface area contributed by atoms with Crippen LogP contribution < -0.4 is 9.64 Å². The van der Waals surface area contributed by atoms with Gasteiger partial charge in [0.1, 0.15) is 12.3 Å². The lowest BCUT2D eigenvalue weighted by Crippen LogP contribution is -2.57. The highest BCUT2D eigenvalue weighted by atomic mass is 32.2. The first-order chi connectivity index (χ1) is 16.9. The normalized spacial score (nSPS) is 15.8. The molecule has 1 fully saturated rings. The van der Waals surface area contributed by atoms with Gasteiger partial charge in [-0.05, 0) is 42.0 Å². The molecule has 9 nitrogen and oxygen atoms in total. The van der Waals surface area contributed by atoms with Gasteiger partial charge in [0.15, 0.2) is 5.75 Å². The number of nitrogens with zero attached hydrogens (tertiary/aromatic N) is 5. The van der Waals surface area contributed by atoms with Gasteiger partial charge in [-0.1, -0.05) is 12.1 Å². The van der Waals surface area contributed by atoms with Crippen LogP contribution in [0.5, 0.6) is 5.75 Å². The van der Waals surface area contributed by atoms with Crippen molar-refractivity contribution in [2.45, 2.75) is 4.90 Å². The number of carbonyl (C=O) groups is 1. The number of sulfonamides is 1. The first kappa shape index (κ1) is 22.5. The van der Waals surface area contributed by atoms with Crippen LogP contribution in [0, 0.1) is 28.6 Å². The minimum atomic E-state index is -3.74. The highest BCUT2D eigenvalue weighted by Crippen LogP contribution is 2.41. The summed E-state index contributed by atoms with van der Waals surface area (Å²) in [5.41, 5.74) is 2.97. The molecule has 174 valence electrons. The minimum Gasteiger partial charge on any atom is -0.489 e. The van der Waals surface area contributed by atoms with Crippen molar-refractivity contribution in [2.24, 2.45) is 5.92 Å². The zero-order valence-corrected chi connectivity index (χ0v) is 19.3. The molecule has 0 saturated carbocycles. The van der Waals surface area contributed by atoms with Gasteiger partial charge < -0.3 is 9.64 Å². The lowest BCUT2D eigenvalue weighted by Gasteiger charge is -2.40. The third-order valence-electron chi connectivity index (χ3n) is 6.14. The summed E-state index contributed by atoms with van der Waals surface area (Å²) >= 11 is 0. The lowest BCUT2D eigenvalue weighted by molar-refractivity contribution is -0.125. The van der Waals surface area contributed by atoms with Crippen LogP contribution in [0.4, 0.5) is 5.69 Å². The number of amides is 1. The summed E-state index contributed by atoms with van der Waals surface area (Å²) in [5.74, 6) is -0.127.